The first-order valence-corrected chi connectivity index (χ1v) is 9.38. The zero-order valence-electron chi connectivity index (χ0n) is 15.1. The molecular formula is C20H22BrNO4. The fraction of sp³-hybridized carbons (Fsp3) is 0.350. The van der Waals surface area contributed by atoms with Crippen LogP contribution in [0.3, 0.4) is 0 Å². The van der Waals surface area contributed by atoms with E-state index >= 15 is 0 Å². The third-order valence-electron chi connectivity index (χ3n) is 4.23. The molecule has 0 spiro atoms. The minimum Gasteiger partial charge on any atom is -0.496 e. The average Bonchev–Trinajstić information content (AvgIpc) is 2.98. The standard InChI is InChI=1S/C20H22BrNO4/c1-4-25-18-9-14-7-12(2)26-19(14)10-15(18)11-22-20(23)13-5-6-17(24-3)16(21)8-13/h5-6,8-10,12H,4,7,11H2,1-3H3,(H,22,23)/t12-/m0/s1. The van der Waals surface area contributed by atoms with Crippen LogP contribution in [0.5, 0.6) is 17.2 Å². The number of fused-ring (bicyclic) bond motifs is 1. The smallest absolute Gasteiger partial charge is 0.251 e. The first-order valence-electron chi connectivity index (χ1n) is 8.58. The van der Waals surface area contributed by atoms with Gasteiger partial charge in [0.15, 0.2) is 0 Å². The molecule has 1 atom stereocenters. The van der Waals surface area contributed by atoms with Gasteiger partial charge in [-0.1, -0.05) is 0 Å². The highest BCUT2D eigenvalue weighted by atomic mass is 79.9. The van der Waals surface area contributed by atoms with Crippen LogP contribution in [-0.2, 0) is 13.0 Å². The highest BCUT2D eigenvalue weighted by Crippen LogP contribution is 2.35. The second-order valence-corrected chi connectivity index (χ2v) is 7.02. The Morgan fingerprint density at radius 2 is 2.12 bits per heavy atom. The molecule has 5 nitrogen and oxygen atoms in total. The monoisotopic (exact) mass is 419 g/mol. The first-order chi connectivity index (χ1) is 12.5. The van der Waals surface area contributed by atoms with Gasteiger partial charge in [0.25, 0.3) is 5.91 Å². The number of carbonyl (C=O) groups excluding carboxylic acids is 1. The van der Waals surface area contributed by atoms with E-state index in [1.165, 1.54) is 0 Å². The lowest BCUT2D eigenvalue weighted by molar-refractivity contribution is 0.0950. The van der Waals surface area contributed by atoms with Crippen molar-refractivity contribution in [2.75, 3.05) is 13.7 Å². The molecule has 2 aromatic rings. The molecule has 26 heavy (non-hydrogen) atoms. The van der Waals surface area contributed by atoms with Gasteiger partial charge in [-0.15, -0.1) is 0 Å². The fourth-order valence-corrected chi connectivity index (χ4v) is 3.54. The van der Waals surface area contributed by atoms with Crippen LogP contribution >= 0.6 is 15.9 Å². The van der Waals surface area contributed by atoms with Crippen molar-refractivity contribution in [2.45, 2.75) is 32.9 Å². The fourth-order valence-electron chi connectivity index (χ4n) is 2.99. The number of halogens is 1. The predicted molar refractivity (Wildman–Crippen MR) is 103 cm³/mol. The summed E-state index contributed by atoms with van der Waals surface area (Å²) in [7, 11) is 1.59. The van der Waals surface area contributed by atoms with Crippen LogP contribution in [-0.4, -0.2) is 25.7 Å². The Bertz CT molecular complexity index is 822. The molecule has 1 N–H and O–H groups in total. The lowest BCUT2D eigenvalue weighted by atomic mass is 10.1. The summed E-state index contributed by atoms with van der Waals surface area (Å²) < 4.78 is 17.5. The molecule has 2 aromatic carbocycles. The van der Waals surface area contributed by atoms with Crippen LogP contribution in [0.4, 0.5) is 0 Å². The molecule has 0 fully saturated rings. The highest BCUT2D eigenvalue weighted by molar-refractivity contribution is 9.10. The van der Waals surface area contributed by atoms with E-state index in [9.17, 15) is 4.79 Å². The second-order valence-electron chi connectivity index (χ2n) is 6.17. The van der Waals surface area contributed by atoms with Gasteiger partial charge in [0.1, 0.15) is 23.4 Å². The summed E-state index contributed by atoms with van der Waals surface area (Å²) in [4.78, 5) is 12.5. The number of hydrogen-bond donors (Lipinski definition) is 1. The summed E-state index contributed by atoms with van der Waals surface area (Å²) in [6.45, 7) is 4.93. The maximum atomic E-state index is 12.5. The lowest BCUT2D eigenvalue weighted by Crippen LogP contribution is -2.23. The molecule has 0 saturated carbocycles. The topological polar surface area (TPSA) is 56.8 Å². The van der Waals surface area contributed by atoms with Gasteiger partial charge in [-0.3, -0.25) is 4.79 Å². The van der Waals surface area contributed by atoms with Crippen molar-refractivity contribution in [3.8, 4) is 17.2 Å². The summed E-state index contributed by atoms with van der Waals surface area (Å²) in [5.41, 5.74) is 2.61. The molecule has 6 heteroatoms. The third-order valence-corrected chi connectivity index (χ3v) is 4.85. The van der Waals surface area contributed by atoms with E-state index in [0.29, 0.717) is 24.5 Å². The van der Waals surface area contributed by atoms with Crippen molar-refractivity contribution in [3.63, 3.8) is 0 Å². The first kappa shape index (κ1) is 18.6. The average molecular weight is 420 g/mol. The summed E-state index contributed by atoms with van der Waals surface area (Å²) in [6, 6.07) is 9.22. The lowest BCUT2D eigenvalue weighted by Gasteiger charge is -2.14. The van der Waals surface area contributed by atoms with Crippen molar-refractivity contribution >= 4 is 21.8 Å². The molecule has 0 unspecified atom stereocenters. The second kappa shape index (κ2) is 7.99. The summed E-state index contributed by atoms with van der Waals surface area (Å²) >= 11 is 3.40. The molecule has 0 aromatic heterocycles. The molecule has 1 heterocycles. The number of hydrogen-bond acceptors (Lipinski definition) is 4. The van der Waals surface area contributed by atoms with Crippen molar-refractivity contribution in [3.05, 3.63) is 51.5 Å². The van der Waals surface area contributed by atoms with Crippen LogP contribution < -0.4 is 19.5 Å². The Labute approximate surface area is 161 Å². The molecule has 0 radical (unpaired) electrons. The van der Waals surface area contributed by atoms with Gasteiger partial charge < -0.3 is 19.5 Å². The Kier molecular flexibility index (Phi) is 5.71. The quantitative estimate of drug-likeness (QED) is 0.765. The van der Waals surface area contributed by atoms with E-state index in [1.54, 1.807) is 25.3 Å². The number of methoxy groups -OCH3 is 1. The molecule has 0 bridgehead atoms. The number of benzene rings is 2. The summed E-state index contributed by atoms with van der Waals surface area (Å²) in [6.07, 6.45) is 1.04. The van der Waals surface area contributed by atoms with E-state index in [0.717, 1.165) is 33.5 Å². The van der Waals surface area contributed by atoms with Gasteiger partial charge in [-0.25, -0.2) is 0 Å². The Morgan fingerprint density at radius 1 is 1.31 bits per heavy atom. The minimum absolute atomic E-state index is 0.161. The zero-order valence-corrected chi connectivity index (χ0v) is 16.7. The van der Waals surface area contributed by atoms with Crippen molar-refractivity contribution in [2.24, 2.45) is 0 Å². The Balaban J connectivity index is 1.75. The summed E-state index contributed by atoms with van der Waals surface area (Å²) in [5.74, 6) is 2.19. The molecular weight excluding hydrogens is 398 g/mol. The van der Waals surface area contributed by atoms with E-state index in [2.05, 4.69) is 21.2 Å². The van der Waals surface area contributed by atoms with E-state index in [1.807, 2.05) is 26.0 Å². The number of ether oxygens (including phenoxy) is 3. The Morgan fingerprint density at radius 3 is 2.81 bits per heavy atom. The van der Waals surface area contributed by atoms with Gasteiger partial charge in [-0.05, 0) is 60.1 Å². The van der Waals surface area contributed by atoms with Crippen molar-refractivity contribution in [1.29, 1.82) is 0 Å². The van der Waals surface area contributed by atoms with E-state index in [4.69, 9.17) is 14.2 Å². The van der Waals surface area contributed by atoms with E-state index in [-0.39, 0.29) is 12.0 Å². The molecule has 1 aliphatic rings. The number of amides is 1. The molecule has 0 aliphatic carbocycles. The van der Waals surface area contributed by atoms with Crippen molar-refractivity contribution < 1.29 is 19.0 Å². The van der Waals surface area contributed by atoms with Crippen LogP contribution in [0.1, 0.15) is 35.3 Å². The van der Waals surface area contributed by atoms with Crippen LogP contribution in [0, 0.1) is 0 Å². The molecule has 1 amide bonds. The number of nitrogens with one attached hydrogen (secondary N) is 1. The minimum atomic E-state index is -0.161. The molecule has 138 valence electrons. The maximum absolute atomic E-state index is 12.5. The molecule has 1 aliphatic heterocycles. The molecule has 3 rings (SSSR count). The number of rotatable bonds is 6. The van der Waals surface area contributed by atoms with E-state index < -0.39 is 0 Å². The van der Waals surface area contributed by atoms with Gasteiger partial charge >= 0.3 is 0 Å². The molecule has 0 saturated heterocycles. The third kappa shape index (κ3) is 3.96. The highest BCUT2D eigenvalue weighted by Gasteiger charge is 2.22. The Hall–Kier alpha value is -2.21. The zero-order chi connectivity index (χ0) is 18.7. The number of carbonyl (C=O) groups is 1. The maximum Gasteiger partial charge on any atom is 0.251 e. The largest absolute Gasteiger partial charge is 0.496 e. The van der Waals surface area contributed by atoms with Gasteiger partial charge in [0.05, 0.1) is 18.2 Å². The van der Waals surface area contributed by atoms with Crippen LogP contribution in [0.25, 0.3) is 0 Å². The van der Waals surface area contributed by atoms with Gasteiger partial charge in [0, 0.05) is 29.7 Å². The van der Waals surface area contributed by atoms with Crippen LogP contribution in [0.2, 0.25) is 0 Å². The van der Waals surface area contributed by atoms with Crippen molar-refractivity contribution in [1.82, 2.24) is 5.32 Å². The normalized spacial score (nSPS) is 15.2. The van der Waals surface area contributed by atoms with Gasteiger partial charge in [0.2, 0.25) is 0 Å². The van der Waals surface area contributed by atoms with Crippen LogP contribution in [0.15, 0.2) is 34.8 Å². The predicted octanol–water partition coefficient (Wildman–Crippen LogP) is 4.11. The SMILES string of the molecule is CCOc1cc2c(cc1CNC(=O)c1ccc(OC)c(Br)c1)O[C@@H](C)C2. The van der Waals surface area contributed by atoms with Gasteiger partial charge in [-0.2, -0.15) is 0 Å². The summed E-state index contributed by atoms with van der Waals surface area (Å²) in [5, 5.41) is 2.95.